The largest absolute Gasteiger partial charge is 0.370 e. The van der Waals surface area contributed by atoms with E-state index in [4.69, 9.17) is 0 Å². The third-order valence-electron chi connectivity index (χ3n) is 2.57. The lowest BCUT2D eigenvalue weighted by Gasteiger charge is -2.06. The number of nitro groups is 1. The molecule has 0 bridgehead atoms. The minimum Gasteiger partial charge on any atom is -0.370 e. The molecular formula is C13H14N4O2. The van der Waals surface area contributed by atoms with Crippen molar-refractivity contribution >= 4 is 11.5 Å². The first-order valence-corrected chi connectivity index (χ1v) is 5.93. The summed E-state index contributed by atoms with van der Waals surface area (Å²) in [5.74, 6) is 0.501. The molecule has 0 spiro atoms. The van der Waals surface area contributed by atoms with E-state index >= 15 is 0 Å². The highest BCUT2D eigenvalue weighted by Crippen LogP contribution is 2.25. The van der Waals surface area contributed by atoms with Gasteiger partial charge in [0.1, 0.15) is 5.82 Å². The highest BCUT2D eigenvalue weighted by Gasteiger charge is 2.12. The molecule has 2 aromatic heterocycles. The summed E-state index contributed by atoms with van der Waals surface area (Å²) in [6, 6.07) is 6.53. The van der Waals surface area contributed by atoms with Gasteiger partial charge in [-0.05, 0) is 26.0 Å². The van der Waals surface area contributed by atoms with Crippen LogP contribution in [-0.2, 0) is 0 Å². The Balaban J connectivity index is 2.52. The Morgan fingerprint density at radius 3 is 2.79 bits per heavy atom. The second-order valence-electron chi connectivity index (χ2n) is 4.07. The van der Waals surface area contributed by atoms with Crippen molar-refractivity contribution in [2.24, 2.45) is 0 Å². The zero-order valence-corrected chi connectivity index (χ0v) is 10.8. The number of aryl methyl sites for hydroxylation is 1. The molecule has 2 heterocycles. The van der Waals surface area contributed by atoms with Crippen LogP contribution in [0.4, 0.5) is 11.5 Å². The van der Waals surface area contributed by atoms with E-state index in [1.807, 2.05) is 19.9 Å². The molecule has 2 aromatic rings. The predicted octanol–water partition coefficient (Wildman–Crippen LogP) is 2.79. The average molecular weight is 258 g/mol. The zero-order valence-electron chi connectivity index (χ0n) is 10.8. The van der Waals surface area contributed by atoms with Crippen molar-refractivity contribution in [3.63, 3.8) is 0 Å². The molecule has 6 nitrogen and oxygen atoms in total. The number of hydrogen-bond donors (Lipinski definition) is 1. The molecule has 6 heteroatoms. The molecule has 0 aliphatic heterocycles. The smallest absolute Gasteiger partial charge is 0.275 e. The van der Waals surface area contributed by atoms with Crippen LogP contribution < -0.4 is 5.32 Å². The summed E-state index contributed by atoms with van der Waals surface area (Å²) in [6.45, 7) is 4.44. The van der Waals surface area contributed by atoms with Crippen molar-refractivity contribution in [2.75, 3.05) is 11.9 Å². The van der Waals surface area contributed by atoms with Gasteiger partial charge in [0.2, 0.25) is 0 Å². The molecule has 98 valence electrons. The van der Waals surface area contributed by atoms with Gasteiger partial charge in [-0.1, -0.05) is 0 Å². The van der Waals surface area contributed by atoms with Gasteiger partial charge in [0.15, 0.2) is 0 Å². The van der Waals surface area contributed by atoms with Gasteiger partial charge in [0, 0.05) is 30.1 Å². The summed E-state index contributed by atoms with van der Waals surface area (Å²) < 4.78 is 0. The third-order valence-corrected chi connectivity index (χ3v) is 2.57. The molecule has 0 aliphatic carbocycles. The molecule has 19 heavy (non-hydrogen) atoms. The Bertz CT molecular complexity index is 613. The predicted molar refractivity (Wildman–Crippen MR) is 73.0 cm³/mol. The first kappa shape index (κ1) is 12.9. The minimum absolute atomic E-state index is 0.0235. The number of pyridine rings is 2. The summed E-state index contributed by atoms with van der Waals surface area (Å²) in [7, 11) is 0. The second kappa shape index (κ2) is 5.43. The fourth-order valence-corrected chi connectivity index (χ4v) is 1.75. The van der Waals surface area contributed by atoms with Crippen LogP contribution in [0.3, 0.4) is 0 Å². The maximum atomic E-state index is 10.9. The van der Waals surface area contributed by atoms with Crippen LogP contribution >= 0.6 is 0 Å². The first-order chi connectivity index (χ1) is 9.10. The van der Waals surface area contributed by atoms with Gasteiger partial charge in [-0.2, -0.15) is 0 Å². The third kappa shape index (κ3) is 3.04. The van der Waals surface area contributed by atoms with Crippen LogP contribution in [0.25, 0.3) is 11.3 Å². The van der Waals surface area contributed by atoms with Crippen molar-refractivity contribution in [3.05, 3.63) is 46.3 Å². The minimum atomic E-state index is -0.417. The molecule has 0 fully saturated rings. The van der Waals surface area contributed by atoms with Gasteiger partial charge in [0.05, 0.1) is 16.7 Å². The Labute approximate surface area is 110 Å². The van der Waals surface area contributed by atoms with Crippen molar-refractivity contribution in [3.8, 4) is 11.3 Å². The van der Waals surface area contributed by atoms with Gasteiger partial charge in [0.25, 0.3) is 5.69 Å². The zero-order chi connectivity index (χ0) is 13.8. The van der Waals surface area contributed by atoms with Gasteiger partial charge in [-0.3, -0.25) is 15.1 Å². The lowest BCUT2D eigenvalue weighted by atomic mass is 10.1. The SMILES string of the molecule is CCNc1cc([N+](=O)[O-])cc(-c2ccnc(C)c2)n1. The van der Waals surface area contributed by atoms with Crippen molar-refractivity contribution in [1.29, 1.82) is 0 Å². The number of nitrogens with one attached hydrogen (secondary N) is 1. The molecule has 0 saturated carbocycles. The monoisotopic (exact) mass is 258 g/mol. The lowest BCUT2D eigenvalue weighted by molar-refractivity contribution is -0.384. The summed E-state index contributed by atoms with van der Waals surface area (Å²) in [5, 5.41) is 13.9. The topological polar surface area (TPSA) is 81.0 Å². The van der Waals surface area contributed by atoms with Crippen LogP contribution in [0.1, 0.15) is 12.6 Å². The van der Waals surface area contributed by atoms with Gasteiger partial charge in [-0.25, -0.2) is 4.98 Å². The maximum absolute atomic E-state index is 10.9. The fourth-order valence-electron chi connectivity index (χ4n) is 1.75. The molecule has 1 N–H and O–H groups in total. The van der Waals surface area contributed by atoms with Crippen LogP contribution in [0.15, 0.2) is 30.5 Å². The normalized spacial score (nSPS) is 10.2. The highest BCUT2D eigenvalue weighted by molar-refractivity contribution is 5.65. The molecule has 0 unspecified atom stereocenters. The van der Waals surface area contributed by atoms with Crippen molar-refractivity contribution in [2.45, 2.75) is 13.8 Å². The molecule has 0 aliphatic rings. The second-order valence-corrected chi connectivity index (χ2v) is 4.07. The molecule has 0 saturated heterocycles. The summed E-state index contributed by atoms with van der Waals surface area (Å²) in [5.41, 5.74) is 2.25. The number of rotatable bonds is 4. The molecule has 0 atom stereocenters. The van der Waals surface area contributed by atoms with Gasteiger partial charge in [-0.15, -0.1) is 0 Å². The number of anilines is 1. The van der Waals surface area contributed by atoms with Gasteiger partial charge >= 0.3 is 0 Å². The standard InChI is InChI=1S/C13H14N4O2/c1-3-14-13-8-11(17(18)19)7-12(16-13)10-4-5-15-9(2)6-10/h4-8H,3H2,1-2H3,(H,14,16). The molecular weight excluding hydrogens is 244 g/mol. The van der Waals surface area contributed by atoms with E-state index in [2.05, 4.69) is 15.3 Å². The van der Waals surface area contributed by atoms with Crippen molar-refractivity contribution in [1.82, 2.24) is 9.97 Å². The average Bonchev–Trinajstić information content (AvgIpc) is 2.38. The quantitative estimate of drug-likeness (QED) is 0.673. The Kier molecular flexibility index (Phi) is 3.70. The number of aromatic nitrogens is 2. The molecule has 2 rings (SSSR count). The maximum Gasteiger partial charge on any atom is 0.275 e. The van der Waals surface area contributed by atoms with E-state index in [0.717, 1.165) is 11.3 Å². The highest BCUT2D eigenvalue weighted by atomic mass is 16.6. The summed E-state index contributed by atoms with van der Waals surface area (Å²) in [4.78, 5) is 19.0. The van der Waals surface area contributed by atoms with E-state index in [-0.39, 0.29) is 5.69 Å². The first-order valence-electron chi connectivity index (χ1n) is 5.93. The van der Waals surface area contributed by atoms with E-state index in [9.17, 15) is 10.1 Å². The van der Waals surface area contributed by atoms with E-state index < -0.39 is 4.92 Å². The van der Waals surface area contributed by atoms with Crippen molar-refractivity contribution < 1.29 is 4.92 Å². The van der Waals surface area contributed by atoms with Crippen LogP contribution in [0.2, 0.25) is 0 Å². The van der Waals surface area contributed by atoms with E-state index in [1.54, 1.807) is 12.3 Å². The summed E-state index contributed by atoms with van der Waals surface area (Å²) in [6.07, 6.45) is 1.66. The molecule has 0 radical (unpaired) electrons. The molecule has 0 aromatic carbocycles. The van der Waals surface area contributed by atoms with E-state index in [1.165, 1.54) is 12.1 Å². The van der Waals surface area contributed by atoms with Crippen LogP contribution in [0, 0.1) is 17.0 Å². The van der Waals surface area contributed by atoms with E-state index in [0.29, 0.717) is 18.1 Å². The van der Waals surface area contributed by atoms with Gasteiger partial charge < -0.3 is 5.32 Å². The number of nitrogens with zero attached hydrogens (tertiary/aromatic N) is 3. The Morgan fingerprint density at radius 2 is 2.16 bits per heavy atom. The summed E-state index contributed by atoms with van der Waals surface area (Å²) >= 11 is 0. The Hall–Kier alpha value is -2.50. The van der Waals surface area contributed by atoms with Crippen LogP contribution in [0.5, 0.6) is 0 Å². The number of hydrogen-bond acceptors (Lipinski definition) is 5. The fraction of sp³-hybridized carbons (Fsp3) is 0.231. The molecule has 0 amide bonds. The Morgan fingerprint density at radius 1 is 1.37 bits per heavy atom. The lowest BCUT2D eigenvalue weighted by Crippen LogP contribution is -2.01. The van der Waals surface area contributed by atoms with Crippen LogP contribution in [-0.4, -0.2) is 21.4 Å².